The van der Waals surface area contributed by atoms with Gasteiger partial charge in [0, 0.05) is 0 Å². The van der Waals surface area contributed by atoms with E-state index in [4.69, 9.17) is 0 Å². The molecule has 0 rings (SSSR count). The van der Waals surface area contributed by atoms with E-state index in [1.54, 1.807) is 0 Å². The topological polar surface area (TPSA) is 0 Å². The molecular weight excluding hydrogens is 108 g/mol. The SMILES string of the molecule is [CH2]C(C)CC(C)C.[MgH2]. The summed E-state index contributed by atoms with van der Waals surface area (Å²) < 4.78 is 0. The molecule has 1 unspecified atom stereocenters. The molecule has 0 saturated carbocycles. The van der Waals surface area contributed by atoms with Crippen molar-refractivity contribution in [3.8, 4) is 0 Å². The van der Waals surface area contributed by atoms with Crippen LogP contribution in [-0.4, -0.2) is 23.1 Å². The Balaban J connectivity index is 0. The molecule has 0 aliphatic carbocycles. The van der Waals surface area contributed by atoms with Crippen LogP contribution in [0.15, 0.2) is 0 Å². The molecular formula is C7H17Mg. The van der Waals surface area contributed by atoms with Crippen molar-refractivity contribution in [2.24, 2.45) is 11.8 Å². The Bertz CT molecular complexity index is 33.7. The van der Waals surface area contributed by atoms with E-state index in [-0.39, 0.29) is 23.1 Å². The zero-order valence-corrected chi connectivity index (χ0v) is 5.57. The predicted octanol–water partition coefficient (Wildman–Crippen LogP) is 1.59. The van der Waals surface area contributed by atoms with Gasteiger partial charge in [0.25, 0.3) is 0 Å². The van der Waals surface area contributed by atoms with Gasteiger partial charge in [0.1, 0.15) is 0 Å². The van der Waals surface area contributed by atoms with Crippen LogP contribution in [-0.2, 0) is 0 Å². The van der Waals surface area contributed by atoms with E-state index < -0.39 is 0 Å². The highest BCUT2D eigenvalue weighted by molar-refractivity contribution is 5.75. The summed E-state index contributed by atoms with van der Waals surface area (Å²) in [4.78, 5) is 0. The fourth-order valence-corrected chi connectivity index (χ4v) is 0.805. The summed E-state index contributed by atoms with van der Waals surface area (Å²) in [5.41, 5.74) is 0. The van der Waals surface area contributed by atoms with Gasteiger partial charge in [-0.2, -0.15) is 0 Å². The third-order valence-corrected chi connectivity index (χ3v) is 0.874. The zero-order chi connectivity index (χ0) is 5.86. The molecule has 1 heteroatoms. The van der Waals surface area contributed by atoms with E-state index in [0.29, 0.717) is 5.92 Å². The van der Waals surface area contributed by atoms with Gasteiger partial charge in [0.05, 0.1) is 0 Å². The van der Waals surface area contributed by atoms with Crippen molar-refractivity contribution in [1.29, 1.82) is 0 Å². The van der Waals surface area contributed by atoms with Gasteiger partial charge in [-0.15, -0.1) is 0 Å². The first-order chi connectivity index (χ1) is 3.13. The third-order valence-electron chi connectivity index (χ3n) is 0.874. The van der Waals surface area contributed by atoms with E-state index >= 15 is 0 Å². The molecule has 0 aromatic rings. The molecule has 0 aromatic carbocycles. The summed E-state index contributed by atoms with van der Waals surface area (Å²) in [5, 5.41) is 0. The van der Waals surface area contributed by atoms with Gasteiger partial charge in [0.2, 0.25) is 0 Å². The molecule has 0 N–H and O–H groups in total. The van der Waals surface area contributed by atoms with Gasteiger partial charge in [-0.25, -0.2) is 0 Å². The van der Waals surface area contributed by atoms with Crippen molar-refractivity contribution >= 4 is 23.1 Å². The smallest absolute Gasteiger partial charge is 0.0628 e. The van der Waals surface area contributed by atoms with Crippen LogP contribution < -0.4 is 0 Å². The van der Waals surface area contributed by atoms with Crippen molar-refractivity contribution in [3.05, 3.63) is 6.92 Å². The maximum atomic E-state index is 3.88. The van der Waals surface area contributed by atoms with Gasteiger partial charge >= 0.3 is 23.1 Å². The van der Waals surface area contributed by atoms with Crippen molar-refractivity contribution in [3.63, 3.8) is 0 Å². The summed E-state index contributed by atoms with van der Waals surface area (Å²) in [6.45, 7) is 10.5. The van der Waals surface area contributed by atoms with Crippen molar-refractivity contribution in [2.45, 2.75) is 27.2 Å². The second-order valence-electron chi connectivity index (χ2n) is 2.73. The van der Waals surface area contributed by atoms with Crippen LogP contribution >= 0.6 is 0 Å². The van der Waals surface area contributed by atoms with Crippen LogP contribution in [0.2, 0.25) is 0 Å². The summed E-state index contributed by atoms with van der Waals surface area (Å²) >= 11 is 0. The lowest BCUT2D eigenvalue weighted by Crippen LogP contribution is -1.93. The molecule has 0 spiro atoms. The molecule has 0 nitrogen and oxygen atoms in total. The van der Waals surface area contributed by atoms with Gasteiger partial charge in [-0.1, -0.05) is 27.7 Å². The van der Waals surface area contributed by atoms with Crippen molar-refractivity contribution < 1.29 is 0 Å². The highest BCUT2D eigenvalue weighted by Crippen LogP contribution is 2.07. The highest BCUT2D eigenvalue weighted by atomic mass is 24.3. The number of hydrogen-bond acceptors (Lipinski definition) is 0. The van der Waals surface area contributed by atoms with E-state index in [0.717, 1.165) is 5.92 Å². The van der Waals surface area contributed by atoms with Crippen LogP contribution in [0.5, 0.6) is 0 Å². The van der Waals surface area contributed by atoms with E-state index in [9.17, 15) is 0 Å². The third kappa shape index (κ3) is 9.90. The minimum atomic E-state index is 0. The standard InChI is InChI=1S/C7H15.Mg.2H/c1-6(2)5-7(3)4;;;/h6-7H,1,5H2,2-4H3;;;. The van der Waals surface area contributed by atoms with Crippen molar-refractivity contribution in [1.82, 2.24) is 0 Å². The first-order valence-electron chi connectivity index (χ1n) is 2.96. The molecule has 1 atom stereocenters. The van der Waals surface area contributed by atoms with E-state index in [2.05, 4.69) is 27.7 Å². The molecule has 0 saturated heterocycles. The maximum Gasteiger partial charge on any atom is 0.316 e. The molecule has 0 bridgehead atoms. The Morgan fingerprint density at radius 2 is 1.62 bits per heavy atom. The Kier molecular flexibility index (Phi) is 8.51. The van der Waals surface area contributed by atoms with Crippen LogP contribution in [0.4, 0.5) is 0 Å². The first kappa shape index (κ1) is 11.5. The monoisotopic (exact) mass is 125 g/mol. The van der Waals surface area contributed by atoms with Crippen LogP contribution in [0.25, 0.3) is 0 Å². The molecule has 47 valence electrons. The summed E-state index contributed by atoms with van der Waals surface area (Å²) in [6.07, 6.45) is 1.25. The van der Waals surface area contributed by atoms with E-state index in [1.807, 2.05) is 0 Å². The second kappa shape index (κ2) is 5.89. The molecule has 0 aliphatic rings. The minimum Gasteiger partial charge on any atom is -0.0628 e. The lowest BCUT2D eigenvalue weighted by atomic mass is 10.0. The quantitative estimate of drug-likeness (QED) is 0.492. The van der Waals surface area contributed by atoms with Crippen LogP contribution in [0, 0.1) is 18.8 Å². The molecule has 8 heavy (non-hydrogen) atoms. The number of hydrogen-bond donors (Lipinski definition) is 0. The van der Waals surface area contributed by atoms with Crippen LogP contribution in [0.1, 0.15) is 27.2 Å². The Labute approximate surface area is 69.2 Å². The maximum absolute atomic E-state index is 3.88. The fraction of sp³-hybridized carbons (Fsp3) is 0.857. The average molecular weight is 126 g/mol. The second-order valence-corrected chi connectivity index (χ2v) is 2.73. The van der Waals surface area contributed by atoms with E-state index in [1.165, 1.54) is 6.42 Å². The van der Waals surface area contributed by atoms with Crippen molar-refractivity contribution in [2.75, 3.05) is 0 Å². The normalized spacial score (nSPS) is 9.75. The minimum absolute atomic E-state index is 0. The molecule has 0 aliphatic heterocycles. The van der Waals surface area contributed by atoms with Gasteiger partial charge in [-0.05, 0) is 18.3 Å². The number of rotatable bonds is 2. The Hall–Kier alpha value is 0.766. The van der Waals surface area contributed by atoms with Gasteiger partial charge in [0.15, 0.2) is 0 Å². The Morgan fingerprint density at radius 3 is 1.62 bits per heavy atom. The largest absolute Gasteiger partial charge is 0.316 e. The Morgan fingerprint density at radius 1 is 1.25 bits per heavy atom. The lowest BCUT2D eigenvalue weighted by Gasteiger charge is -2.05. The van der Waals surface area contributed by atoms with Gasteiger partial charge in [-0.3, -0.25) is 0 Å². The molecule has 0 aromatic heterocycles. The summed E-state index contributed by atoms with van der Waals surface area (Å²) in [7, 11) is 0. The summed E-state index contributed by atoms with van der Waals surface area (Å²) in [5.74, 6) is 1.44. The molecule has 0 fully saturated rings. The average Bonchev–Trinajstić information content (AvgIpc) is 1.27. The fourth-order valence-electron chi connectivity index (χ4n) is 0.805. The summed E-state index contributed by atoms with van der Waals surface area (Å²) in [6, 6.07) is 0. The molecule has 0 amide bonds. The predicted molar refractivity (Wildman–Crippen MR) is 42.5 cm³/mol. The first-order valence-corrected chi connectivity index (χ1v) is 2.96. The van der Waals surface area contributed by atoms with Gasteiger partial charge < -0.3 is 0 Å². The molecule has 0 heterocycles. The lowest BCUT2D eigenvalue weighted by molar-refractivity contribution is 0.501. The zero-order valence-electron chi connectivity index (χ0n) is 5.57. The molecule has 1 radical (unpaired) electrons. The highest BCUT2D eigenvalue weighted by Gasteiger charge is 1.95. The van der Waals surface area contributed by atoms with Crippen LogP contribution in [0.3, 0.4) is 0 Å².